The van der Waals surface area contributed by atoms with E-state index in [-0.39, 0.29) is 5.38 Å². The maximum absolute atomic E-state index is 6.36. The summed E-state index contributed by atoms with van der Waals surface area (Å²) in [4.78, 5) is 8.61. The van der Waals surface area contributed by atoms with Gasteiger partial charge in [-0.05, 0) is 32.6 Å². The first kappa shape index (κ1) is 14.4. The van der Waals surface area contributed by atoms with Gasteiger partial charge in [-0.25, -0.2) is 4.98 Å². The Morgan fingerprint density at radius 1 is 1.37 bits per heavy atom. The summed E-state index contributed by atoms with van der Waals surface area (Å²) in [5.74, 6) is 2.70. The molecule has 2 atom stereocenters. The summed E-state index contributed by atoms with van der Waals surface area (Å²) in [6, 6.07) is 1.85. The van der Waals surface area contributed by atoms with Crippen molar-refractivity contribution in [1.82, 2.24) is 9.97 Å². The lowest BCUT2D eigenvalue weighted by Crippen LogP contribution is -2.27. The minimum atomic E-state index is 0.288. The molecule has 1 aliphatic carbocycles. The van der Waals surface area contributed by atoms with Crippen molar-refractivity contribution in [2.45, 2.75) is 44.9 Å². The maximum Gasteiger partial charge on any atom is 0.218 e. The highest BCUT2D eigenvalue weighted by atomic mass is 35.5. The maximum atomic E-state index is 6.36. The third kappa shape index (κ3) is 4.23. The fourth-order valence-electron chi connectivity index (χ4n) is 2.48. The van der Waals surface area contributed by atoms with Gasteiger partial charge in [0.2, 0.25) is 5.88 Å². The Morgan fingerprint density at radius 2 is 2.16 bits per heavy atom. The molecule has 1 saturated carbocycles. The van der Waals surface area contributed by atoms with Crippen LogP contribution in [-0.4, -0.2) is 28.5 Å². The molecule has 0 spiro atoms. The molecular formula is C14H22ClN3O. The minimum absolute atomic E-state index is 0.288. The number of ether oxygens (including phenoxy) is 1. The standard InChI is InChI=1S/C14H22ClN3O/c1-3-19-14-8-13(17-10(2)18-14)16-9-11-6-4-5-7-12(11)15/h8,11-12H,3-7,9H2,1-2H3,(H,16,17,18). The van der Waals surface area contributed by atoms with Gasteiger partial charge in [0.05, 0.1) is 6.61 Å². The van der Waals surface area contributed by atoms with E-state index in [1.165, 1.54) is 19.3 Å². The number of halogens is 1. The molecule has 2 unspecified atom stereocenters. The molecule has 0 amide bonds. The minimum Gasteiger partial charge on any atom is -0.478 e. The molecule has 1 N–H and O–H groups in total. The van der Waals surface area contributed by atoms with Crippen LogP contribution in [0.25, 0.3) is 0 Å². The van der Waals surface area contributed by atoms with Crippen LogP contribution >= 0.6 is 11.6 Å². The van der Waals surface area contributed by atoms with E-state index in [0.29, 0.717) is 18.4 Å². The molecule has 1 fully saturated rings. The molecule has 0 aliphatic heterocycles. The number of aryl methyl sites for hydroxylation is 1. The largest absolute Gasteiger partial charge is 0.478 e. The van der Waals surface area contributed by atoms with Crippen molar-refractivity contribution >= 4 is 17.4 Å². The average molecular weight is 284 g/mol. The van der Waals surface area contributed by atoms with Crippen molar-refractivity contribution in [3.8, 4) is 5.88 Å². The van der Waals surface area contributed by atoms with Gasteiger partial charge in [0, 0.05) is 18.0 Å². The summed E-state index contributed by atoms with van der Waals surface area (Å²) >= 11 is 6.36. The molecule has 1 aromatic heterocycles. The number of hydrogen-bond acceptors (Lipinski definition) is 4. The van der Waals surface area contributed by atoms with Gasteiger partial charge in [0.25, 0.3) is 0 Å². The molecule has 4 nitrogen and oxygen atoms in total. The highest BCUT2D eigenvalue weighted by Gasteiger charge is 2.22. The second kappa shape index (κ2) is 6.94. The summed E-state index contributed by atoms with van der Waals surface area (Å²) in [5.41, 5.74) is 0. The summed E-state index contributed by atoms with van der Waals surface area (Å²) in [5, 5.41) is 3.66. The zero-order chi connectivity index (χ0) is 13.7. The number of alkyl halides is 1. The molecule has 1 heterocycles. The number of nitrogens with one attached hydrogen (secondary N) is 1. The van der Waals surface area contributed by atoms with Crippen LogP contribution in [-0.2, 0) is 0 Å². The molecule has 5 heteroatoms. The Morgan fingerprint density at radius 3 is 2.89 bits per heavy atom. The predicted molar refractivity (Wildman–Crippen MR) is 78.0 cm³/mol. The summed E-state index contributed by atoms with van der Waals surface area (Å²) in [6.07, 6.45) is 4.86. The van der Waals surface area contributed by atoms with E-state index >= 15 is 0 Å². The topological polar surface area (TPSA) is 47.0 Å². The Balaban J connectivity index is 1.94. The van der Waals surface area contributed by atoms with Gasteiger partial charge in [0.1, 0.15) is 11.6 Å². The Labute approximate surface area is 119 Å². The second-order valence-electron chi connectivity index (χ2n) is 5.01. The Kier molecular flexibility index (Phi) is 5.25. The third-order valence-electron chi connectivity index (χ3n) is 3.47. The highest BCUT2D eigenvalue weighted by molar-refractivity contribution is 6.20. The quantitative estimate of drug-likeness (QED) is 0.842. The van der Waals surface area contributed by atoms with Crippen LogP contribution in [0, 0.1) is 12.8 Å². The van der Waals surface area contributed by atoms with E-state index < -0.39 is 0 Å². The molecule has 19 heavy (non-hydrogen) atoms. The predicted octanol–water partition coefficient (Wildman–Crippen LogP) is 3.39. The van der Waals surface area contributed by atoms with Crippen LogP contribution in [0.1, 0.15) is 38.4 Å². The van der Waals surface area contributed by atoms with Gasteiger partial charge in [-0.15, -0.1) is 11.6 Å². The summed E-state index contributed by atoms with van der Waals surface area (Å²) < 4.78 is 5.42. The van der Waals surface area contributed by atoms with E-state index in [1.807, 2.05) is 19.9 Å². The fraction of sp³-hybridized carbons (Fsp3) is 0.714. The lowest BCUT2D eigenvalue weighted by molar-refractivity contribution is 0.325. The number of nitrogens with zero attached hydrogens (tertiary/aromatic N) is 2. The smallest absolute Gasteiger partial charge is 0.218 e. The fourth-order valence-corrected chi connectivity index (χ4v) is 2.85. The van der Waals surface area contributed by atoms with Crippen molar-refractivity contribution in [2.75, 3.05) is 18.5 Å². The number of aromatic nitrogens is 2. The monoisotopic (exact) mass is 283 g/mol. The van der Waals surface area contributed by atoms with Crippen molar-refractivity contribution < 1.29 is 4.74 Å². The van der Waals surface area contributed by atoms with Crippen LogP contribution in [0.3, 0.4) is 0 Å². The lowest BCUT2D eigenvalue weighted by Gasteiger charge is -2.27. The average Bonchev–Trinajstić information content (AvgIpc) is 2.37. The first-order valence-corrected chi connectivity index (χ1v) is 7.49. The van der Waals surface area contributed by atoms with Gasteiger partial charge < -0.3 is 10.1 Å². The SMILES string of the molecule is CCOc1cc(NCC2CCCCC2Cl)nc(C)n1. The van der Waals surface area contributed by atoms with Gasteiger partial charge in [-0.3, -0.25) is 0 Å². The molecule has 0 saturated heterocycles. The molecular weight excluding hydrogens is 262 g/mol. The van der Waals surface area contributed by atoms with E-state index in [4.69, 9.17) is 16.3 Å². The van der Waals surface area contributed by atoms with Crippen molar-refractivity contribution in [3.63, 3.8) is 0 Å². The molecule has 0 aromatic carbocycles. The van der Waals surface area contributed by atoms with Crippen LogP contribution < -0.4 is 10.1 Å². The van der Waals surface area contributed by atoms with Gasteiger partial charge in [-0.2, -0.15) is 4.98 Å². The molecule has 0 bridgehead atoms. The van der Waals surface area contributed by atoms with Crippen molar-refractivity contribution in [1.29, 1.82) is 0 Å². The normalized spacial score (nSPS) is 23.1. The zero-order valence-corrected chi connectivity index (χ0v) is 12.4. The molecule has 1 aliphatic rings. The molecule has 2 rings (SSSR count). The van der Waals surface area contributed by atoms with E-state index in [0.717, 1.165) is 24.6 Å². The Bertz CT molecular complexity index is 414. The third-order valence-corrected chi connectivity index (χ3v) is 4.04. The van der Waals surface area contributed by atoms with Gasteiger partial charge in [0.15, 0.2) is 0 Å². The second-order valence-corrected chi connectivity index (χ2v) is 5.57. The van der Waals surface area contributed by atoms with Crippen LogP contribution in [0.2, 0.25) is 0 Å². The zero-order valence-electron chi connectivity index (χ0n) is 11.7. The number of rotatable bonds is 5. The van der Waals surface area contributed by atoms with E-state index in [1.54, 1.807) is 0 Å². The number of hydrogen-bond donors (Lipinski definition) is 1. The van der Waals surface area contributed by atoms with Gasteiger partial charge in [-0.1, -0.05) is 12.8 Å². The number of anilines is 1. The van der Waals surface area contributed by atoms with Crippen molar-refractivity contribution in [2.24, 2.45) is 5.92 Å². The van der Waals surface area contributed by atoms with Crippen LogP contribution in [0.4, 0.5) is 5.82 Å². The molecule has 106 valence electrons. The van der Waals surface area contributed by atoms with Crippen LogP contribution in [0.15, 0.2) is 6.07 Å². The van der Waals surface area contributed by atoms with E-state index in [2.05, 4.69) is 15.3 Å². The van der Waals surface area contributed by atoms with E-state index in [9.17, 15) is 0 Å². The van der Waals surface area contributed by atoms with Crippen molar-refractivity contribution in [3.05, 3.63) is 11.9 Å². The first-order chi connectivity index (χ1) is 9.19. The molecule has 0 radical (unpaired) electrons. The first-order valence-electron chi connectivity index (χ1n) is 7.05. The van der Waals surface area contributed by atoms with Gasteiger partial charge >= 0.3 is 0 Å². The summed E-state index contributed by atoms with van der Waals surface area (Å²) in [6.45, 7) is 5.31. The summed E-state index contributed by atoms with van der Waals surface area (Å²) in [7, 11) is 0. The van der Waals surface area contributed by atoms with Crippen LogP contribution in [0.5, 0.6) is 5.88 Å². The highest BCUT2D eigenvalue weighted by Crippen LogP contribution is 2.28. The Hall–Kier alpha value is -1.03. The molecule has 1 aromatic rings. The lowest BCUT2D eigenvalue weighted by atomic mass is 9.89.